The monoisotopic (exact) mass is 409 g/mol. The van der Waals surface area contributed by atoms with Gasteiger partial charge in [0.15, 0.2) is 0 Å². The van der Waals surface area contributed by atoms with E-state index in [4.69, 9.17) is 0 Å². The maximum atomic E-state index is 13.3. The molecule has 0 fully saturated rings. The Hall–Kier alpha value is -3.86. The topological polar surface area (TPSA) is 65.2 Å². The number of aryl methyl sites for hydroxylation is 1. The molecule has 2 N–H and O–H groups in total. The minimum atomic E-state index is -0.303. The van der Waals surface area contributed by atoms with Crippen LogP contribution in [0.1, 0.15) is 38.8 Å². The number of fused-ring (bicyclic) bond motifs is 2. The number of H-pyrrole nitrogens is 1. The van der Waals surface area contributed by atoms with Gasteiger partial charge in [-0.05, 0) is 30.2 Å². The predicted octanol–water partition coefficient (Wildman–Crippen LogP) is 4.34. The summed E-state index contributed by atoms with van der Waals surface area (Å²) in [6.45, 7) is 2.46. The lowest BCUT2D eigenvalue weighted by molar-refractivity contribution is -0.122. The molecule has 5 heteroatoms. The van der Waals surface area contributed by atoms with Crippen LogP contribution in [0.4, 0.5) is 0 Å². The number of aromatic amines is 1. The fourth-order valence-corrected chi connectivity index (χ4v) is 4.50. The Morgan fingerprint density at radius 2 is 1.68 bits per heavy atom. The first kappa shape index (κ1) is 19.1. The lowest BCUT2D eigenvalue weighted by atomic mass is 9.95. The molecule has 5 rings (SSSR count). The first-order valence-electron chi connectivity index (χ1n) is 10.4. The number of benzene rings is 3. The molecule has 1 atom stereocenters. The van der Waals surface area contributed by atoms with Crippen LogP contribution in [0.2, 0.25) is 0 Å². The molecule has 1 aliphatic rings. The summed E-state index contributed by atoms with van der Waals surface area (Å²) < 4.78 is 0. The fraction of sp³-hybridized carbons (Fsp3) is 0.154. The van der Waals surface area contributed by atoms with Gasteiger partial charge in [-0.2, -0.15) is 0 Å². The zero-order valence-electron chi connectivity index (χ0n) is 17.3. The van der Waals surface area contributed by atoms with Crippen molar-refractivity contribution in [1.29, 1.82) is 0 Å². The summed E-state index contributed by atoms with van der Waals surface area (Å²) in [6, 6.07) is 25.2. The number of carbonyl (C=O) groups is 2. The third-order valence-corrected chi connectivity index (χ3v) is 5.92. The van der Waals surface area contributed by atoms with Crippen LogP contribution in [0, 0.1) is 6.92 Å². The van der Waals surface area contributed by atoms with Gasteiger partial charge in [0.05, 0.1) is 6.04 Å². The Bertz CT molecular complexity index is 1280. The summed E-state index contributed by atoms with van der Waals surface area (Å²) >= 11 is 0. The highest BCUT2D eigenvalue weighted by atomic mass is 16.2. The largest absolute Gasteiger partial charge is 0.358 e. The van der Waals surface area contributed by atoms with Gasteiger partial charge in [-0.25, -0.2) is 0 Å². The van der Waals surface area contributed by atoms with Gasteiger partial charge < -0.3 is 15.2 Å². The fourth-order valence-electron chi connectivity index (χ4n) is 4.50. The van der Waals surface area contributed by atoms with E-state index in [1.54, 1.807) is 4.90 Å². The minimum Gasteiger partial charge on any atom is -0.358 e. The maximum Gasteiger partial charge on any atom is 0.255 e. The quantitative estimate of drug-likeness (QED) is 0.515. The van der Waals surface area contributed by atoms with E-state index < -0.39 is 0 Å². The zero-order valence-corrected chi connectivity index (χ0v) is 17.3. The maximum absolute atomic E-state index is 13.3. The van der Waals surface area contributed by atoms with Crippen molar-refractivity contribution in [3.05, 3.63) is 107 Å². The number of para-hydroxylation sites is 1. The Morgan fingerprint density at radius 3 is 2.52 bits per heavy atom. The Labute approximate surface area is 180 Å². The molecule has 0 aliphatic carbocycles. The van der Waals surface area contributed by atoms with Crippen molar-refractivity contribution in [3.63, 3.8) is 0 Å². The van der Waals surface area contributed by atoms with E-state index >= 15 is 0 Å². The van der Waals surface area contributed by atoms with Crippen LogP contribution in [0.5, 0.6) is 0 Å². The highest BCUT2D eigenvalue weighted by molar-refractivity contribution is 6.02. The summed E-state index contributed by atoms with van der Waals surface area (Å²) in [6.07, 6.45) is 0. The summed E-state index contributed by atoms with van der Waals surface area (Å²) in [5, 5.41) is 4.02. The molecule has 0 saturated heterocycles. The van der Waals surface area contributed by atoms with Crippen LogP contribution in [0.3, 0.4) is 0 Å². The van der Waals surface area contributed by atoms with Crippen LogP contribution >= 0.6 is 0 Å². The molecule has 5 nitrogen and oxygen atoms in total. The summed E-state index contributed by atoms with van der Waals surface area (Å²) in [7, 11) is 0. The van der Waals surface area contributed by atoms with Crippen LogP contribution < -0.4 is 5.32 Å². The van der Waals surface area contributed by atoms with Gasteiger partial charge in [0.1, 0.15) is 6.54 Å². The number of nitrogens with zero attached hydrogens (tertiary/aromatic N) is 1. The van der Waals surface area contributed by atoms with E-state index in [0.29, 0.717) is 12.1 Å². The van der Waals surface area contributed by atoms with Crippen molar-refractivity contribution < 1.29 is 9.59 Å². The van der Waals surface area contributed by atoms with Crippen LogP contribution in [0.15, 0.2) is 78.9 Å². The van der Waals surface area contributed by atoms with E-state index in [2.05, 4.69) is 16.4 Å². The van der Waals surface area contributed by atoms with Crippen molar-refractivity contribution in [1.82, 2.24) is 15.2 Å². The number of nitrogens with one attached hydrogen (secondary N) is 2. The second-order valence-electron chi connectivity index (χ2n) is 7.89. The van der Waals surface area contributed by atoms with E-state index in [0.717, 1.165) is 33.3 Å². The number of rotatable bonds is 5. The van der Waals surface area contributed by atoms with Gasteiger partial charge in [-0.3, -0.25) is 9.59 Å². The second-order valence-corrected chi connectivity index (χ2v) is 7.89. The minimum absolute atomic E-state index is 0.00393. The smallest absolute Gasteiger partial charge is 0.255 e. The van der Waals surface area contributed by atoms with E-state index in [-0.39, 0.29) is 24.4 Å². The van der Waals surface area contributed by atoms with Gasteiger partial charge >= 0.3 is 0 Å². The SMILES string of the molecule is Cc1[nH]c2ccccc2c1[C@@H]1c2ccccc2C(=O)N1CC(=O)NCc1ccccc1. The lowest BCUT2D eigenvalue weighted by Gasteiger charge is -2.25. The number of aromatic nitrogens is 1. The number of amides is 2. The van der Waals surface area contributed by atoms with Crippen LogP contribution in [0.25, 0.3) is 10.9 Å². The van der Waals surface area contributed by atoms with Crippen molar-refractivity contribution >= 4 is 22.7 Å². The summed E-state index contributed by atoms with van der Waals surface area (Å²) in [4.78, 5) is 31.2. The Balaban J connectivity index is 1.49. The second kappa shape index (κ2) is 7.76. The zero-order chi connectivity index (χ0) is 21.4. The molecule has 2 amide bonds. The molecule has 0 saturated carbocycles. The van der Waals surface area contributed by atoms with Gasteiger partial charge in [0.2, 0.25) is 5.91 Å². The summed E-state index contributed by atoms with van der Waals surface area (Å²) in [5.74, 6) is -0.285. The molecule has 0 radical (unpaired) electrons. The third-order valence-electron chi connectivity index (χ3n) is 5.92. The summed E-state index contributed by atoms with van der Waals surface area (Å²) in [5.41, 5.74) is 5.70. The molecule has 1 aromatic heterocycles. The third kappa shape index (κ3) is 3.38. The first-order valence-corrected chi connectivity index (χ1v) is 10.4. The van der Waals surface area contributed by atoms with E-state index in [1.807, 2.05) is 79.7 Å². The highest BCUT2D eigenvalue weighted by Gasteiger charge is 2.40. The molecule has 0 bridgehead atoms. The van der Waals surface area contributed by atoms with Crippen molar-refractivity contribution in [2.45, 2.75) is 19.5 Å². The number of hydrogen-bond donors (Lipinski definition) is 2. The average Bonchev–Trinajstić information content (AvgIpc) is 3.26. The van der Waals surface area contributed by atoms with Gasteiger partial charge in [0.25, 0.3) is 5.91 Å². The van der Waals surface area contributed by atoms with Crippen molar-refractivity contribution in [3.8, 4) is 0 Å². The molecule has 1 aliphatic heterocycles. The highest BCUT2D eigenvalue weighted by Crippen LogP contribution is 2.42. The Kier molecular flexibility index (Phi) is 4.79. The lowest BCUT2D eigenvalue weighted by Crippen LogP contribution is -2.39. The number of hydrogen-bond acceptors (Lipinski definition) is 2. The number of carbonyl (C=O) groups excluding carboxylic acids is 2. The van der Waals surface area contributed by atoms with Crippen molar-refractivity contribution in [2.24, 2.45) is 0 Å². The van der Waals surface area contributed by atoms with Crippen LogP contribution in [-0.2, 0) is 11.3 Å². The predicted molar refractivity (Wildman–Crippen MR) is 121 cm³/mol. The normalized spacial score (nSPS) is 15.3. The first-order chi connectivity index (χ1) is 15.1. The molecular weight excluding hydrogens is 386 g/mol. The van der Waals surface area contributed by atoms with Crippen molar-refractivity contribution in [2.75, 3.05) is 6.54 Å². The van der Waals surface area contributed by atoms with E-state index in [9.17, 15) is 9.59 Å². The Morgan fingerprint density at radius 1 is 0.968 bits per heavy atom. The van der Waals surface area contributed by atoms with Gasteiger partial charge in [-0.15, -0.1) is 0 Å². The molecule has 0 unspecified atom stereocenters. The van der Waals surface area contributed by atoms with E-state index in [1.165, 1.54) is 0 Å². The molecule has 0 spiro atoms. The average molecular weight is 409 g/mol. The molecule has 3 aromatic carbocycles. The molecule has 31 heavy (non-hydrogen) atoms. The molecule has 4 aromatic rings. The van der Waals surface area contributed by atoms with Gasteiger partial charge in [0, 0.05) is 34.3 Å². The standard InChI is InChI=1S/C26H23N3O2/c1-17-24(21-13-7-8-14-22(21)28-17)25-19-11-5-6-12-20(19)26(31)29(25)16-23(30)27-15-18-9-3-2-4-10-18/h2-14,25,28H,15-16H2,1H3,(H,27,30)/t25-/m0/s1. The van der Waals surface area contributed by atoms with Crippen LogP contribution in [-0.4, -0.2) is 28.2 Å². The molecule has 2 heterocycles. The molecular formula is C26H23N3O2. The van der Waals surface area contributed by atoms with Gasteiger partial charge in [-0.1, -0.05) is 66.7 Å². The molecule has 154 valence electrons.